The van der Waals surface area contributed by atoms with Crippen LogP contribution in [-0.2, 0) is 16.1 Å². The molecule has 132 valence electrons. The maximum Gasteiger partial charge on any atom is 0.251 e. The van der Waals surface area contributed by atoms with Gasteiger partial charge in [-0.15, -0.1) is 11.3 Å². The molecule has 3 saturated heterocycles. The van der Waals surface area contributed by atoms with Crippen LogP contribution >= 0.6 is 11.3 Å². The Morgan fingerprint density at radius 2 is 2.04 bits per heavy atom. The number of ether oxygens (including phenoxy) is 1. The second kappa shape index (κ2) is 6.73. The van der Waals surface area contributed by atoms with Crippen LogP contribution in [0.1, 0.15) is 49.2 Å². The third-order valence-electron chi connectivity index (χ3n) is 5.74. The molecule has 5 nitrogen and oxygen atoms in total. The van der Waals surface area contributed by atoms with Gasteiger partial charge in [-0.2, -0.15) is 0 Å². The van der Waals surface area contributed by atoms with E-state index in [1.54, 1.807) is 11.3 Å². The smallest absolute Gasteiger partial charge is 0.251 e. The molecular weight excluding hydrogens is 322 g/mol. The predicted octanol–water partition coefficient (Wildman–Crippen LogP) is 2.59. The first-order valence-electron chi connectivity index (χ1n) is 9.24. The quantitative estimate of drug-likeness (QED) is 0.841. The average molecular weight is 350 g/mol. The normalized spacial score (nSPS) is 27.2. The van der Waals surface area contributed by atoms with Gasteiger partial charge < -0.3 is 9.64 Å². The lowest BCUT2D eigenvalue weighted by Crippen LogP contribution is -2.45. The summed E-state index contributed by atoms with van der Waals surface area (Å²) >= 11 is 1.75. The topological polar surface area (TPSA) is 45.7 Å². The van der Waals surface area contributed by atoms with Crippen LogP contribution in [0, 0.1) is 6.92 Å². The number of likely N-dealkylation sites (tertiary alicyclic amines) is 2. The number of thiazole rings is 1. The molecule has 1 amide bonds. The van der Waals surface area contributed by atoms with E-state index in [-0.39, 0.29) is 17.6 Å². The fourth-order valence-corrected chi connectivity index (χ4v) is 5.10. The minimum absolute atomic E-state index is 0.0463. The zero-order valence-corrected chi connectivity index (χ0v) is 15.3. The van der Waals surface area contributed by atoms with Gasteiger partial charge in [-0.25, -0.2) is 4.98 Å². The van der Waals surface area contributed by atoms with E-state index in [0.29, 0.717) is 0 Å². The maximum atomic E-state index is 12.6. The fraction of sp³-hybridized carbons (Fsp3) is 0.778. The SMILES string of the molecule is Cc1csc(CN2CCC3(CC[C@@H](C(=O)N4CCCC4)O3)CC2)n1. The summed E-state index contributed by atoms with van der Waals surface area (Å²) in [4.78, 5) is 21.6. The molecule has 1 aromatic rings. The maximum absolute atomic E-state index is 12.6. The number of aromatic nitrogens is 1. The fourth-order valence-electron chi connectivity index (χ4n) is 4.28. The Labute approximate surface area is 148 Å². The molecule has 0 unspecified atom stereocenters. The van der Waals surface area contributed by atoms with Crippen molar-refractivity contribution in [3.63, 3.8) is 0 Å². The number of hydrogen-bond acceptors (Lipinski definition) is 5. The van der Waals surface area contributed by atoms with Gasteiger partial charge in [-0.3, -0.25) is 9.69 Å². The number of carbonyl (C=O) groups excluding carboxylic acids is 1. The van der Waals surface area contributed by atoms with Gasteiger partial charge >= 0.3 is 0 Å². The highest BCUT2D eigenvalue weighted by molar-refractivity contribution is 7.09. The van der Waals surface area contributed by atoms with Crippen molar-refractivity contribution in [1.82, 2.24) is 14.8 Å². The molecule has 4 rings (SSSR count). The van der Waals surface area contributed by atoms with Crippen LogP contribution in [0.15, 0.2) is 5.38 Å². The molecule has 1 atom stereocenters. The van der Waals surface area contributed by atoms with Crippen molar-refractivity contribution in [2.24, 2.45) is 0 Å². The van der Waals surface area contributed by atoms with Crippen molar-refractivity contribution in [3.05, 3.63) is 16.1 Å². The number of carbonyl (C=O) groups is 1. The van der Waals surface area contributed by atoms with Gasteiger partial charge in [-0.1, -0.05) is 0 Å². The zero-order valence-electron chi connectivity index (χ0n) is 14.5. The van der Waals surface area contributed by atoms with Crippen molar-refractivity contribution < 1.29 is 9.53 Å². The van der Waals surface area contributed by atoms with E-state index in [0.717, 1.165) is 76.9 Å². The summed E-state index contributed by atoms with van der Waals surface area (Å²) in [5.74, 6) is 0.241. The summed E-state index contributed by atoms with van der Waals surface area (Å²) in [6, 6.07) is 0. The summed E-state index contributed by atoms with van der Waals surface area (Å²) in [5, 5.41) is 3.33. The summed E-state index contributed by atoms with van der Waals surface area (Å²) in [6.07, 6.45) is 6.14. The third-order valence-corrected chi connectivity index (χ3v) is 6.69. The first-order valence-corrected chi connectivity index (χ1v) is 10.1. The molecule has 0 N–H and O–H groups in total. The minimum Gasteiger partial charge on any atom is -0.362 e. The van der Waals surface area contributed by atoms with Crippen LogP contribution in [0.25, 0.3) is 0 Å². The Kier molecular flexibility index (Phi) is 4.62. The molecule has 24 heavy (non-hydrogen) atoms. The second-order valence-electron chi connectivity index (χ2n) is 7.52. The molecule has 0 aliphatic carbocycles. The number of nitrogens with zero attached hydrogens (tertiary/aromatic N) is 3. The number of rotatable bonds is 3. The lowest BCUT2D eigenvalue weighted by Gasteiger charge is -2.39. The lowest BCUT2D eigenvalue weighted by atomic mass is 9.88. The van der Waals surface area contributed by atoms with E-state index in [2.05, 4.69) is 22.2 Å². The minimum atomic E-state index is -0.184. The van der Waals surface area contributed by atoms with E-state index in [1.807, 2.05) is 4.90 Å². The van der Waals surface area contributed by atoms with Crippen LogP contribution in [0.5, 0.6) is 0 Å². The molecule has 0 aromatic carbocycles. The van der Waals surface area contributed by atoms with Crippen LogP contribution < -0.4 is 0 Å². The van der Waals surface area contributed by atoms with Gasteiger partial charge in [0.25, 0.3) is 5.91 Å². The molecule has 3 fully saturated rings. The molecule has 4 heterocycles. The molecule has 1 spiro atoms. The second-order valence-corrected chi connectivity index (χ2v) is 8.46. The molecule has 3 aliphatic rings. The molecule has 6 heteroatoms. The Hall–Kier alpha value is -0.980. The van der Waals surface area contributed by atoms with Gasteiger partial charge in [0.05, 0.1) is 12.1 Å². The van der Waals surface area contributed by atoms with E-state index in [1.165, 1.54) is 5.01 Å². The number of aryl methyl sites for hydroxylation is 1. The van der Waals surface area contributed by atoms with E-state index < -0.39 is 0 Å². The van der Waals surface area contributed by atoms with Crippen LogP contribution in [0.3, 0.4) is 0 Å². The largest absolute Gasteiger partial charge is 0.362 e. The highest BCUT2D eigenvalue weighted by atomic mass is 32.1. The Morgan fingerprint density at radius 3 is 2.71 bits per heavy atom. The van der Waals surface area contributed by atoms with Crippen molar-refractivity contribution >= 4 is 17.2 Å². The van der Waals surface area contributed by atoms with Crippen LogP contribution in [-0.4, -0.2) is 58.6 Å². The zero-order chi connectivity index (χ0) is 16.6. The van der Waals surface area contributed by atoms with Gasteiger partial charge in [0, 0.05) is 37.3 Å². The van der Waals surface area contributed by atoms with Crippen molar-refractivity contribution in [1.29, 1.82) is 0 Å². The predicted molar refractivity (Wildman–Crippen MR) is 94.0 cm³/mol. The van der Waals surface area contributed by atoms with Crippen LogP contribution in [0.4, 0.5) is 0 Å². The number of hydrogen-bond donors (Lipinski definition) is 0. The Morgan fingerprint density at radius 1 is 1.29 bits per heavy atom. The molecule has 0 radical (unpaired) electrons. The van der Waals surface area contributed by atoms with Gasteiger partial charge in [0.1, 0.15) is 11.1 Å². The van der Waals surface area contributed by atoms with E-state index in [4.69, 9.17) is 4.74 Å². The third kappa shape index (κ3) is 3.37. The Bertz CT molecular complexity index is 589. The summed E-state index contributed by atoms with van der Waals surface area (Å²) < 4.78 is 6.34. The van der Waals surface area contributed by atoms with Gasteiger partial charge in [0.2, 0.25) is 0 Å². The van der Waals surface area contributed by atoms with E-state index in [9.17, 15) is 4.79 Å². The molecule has 0 saturated carbocycles. The summed E-state index contributed by atoms with van der Waals surface area (Å²) in [5.41, 5.74) is 1.07. The van der Waals surface area contributed by atoms with Crippen molar-refractivity contribution in [2.45, 2.75) is 63.7 Å². The number of piperidine rings is 1. The van der Waals surface area contributed by atoms with Gasteiger partial charge in [-0.05, 0) is 45.4 Å². The van der Waals surface area contributed by atoms with Gasteiger partial charge in [0.15, 0.2) is 0 Å². The summed E-state index contributed by atoms with van der Waals surface area (Å²) in [6.45, 7) is 6.94. The monoisotopic (exact) mass is 349 g/mol. The number of amides is 1. The summed E-state index contributed by atoms with van der Waals surface area (Å²) in [7, 11) is 0. The molecular formula is C18H27N3O2S. The highest BCUT2D eigenvalue weighted by Crippen LogP contribution is 2.40. The standard InChI is InChI=1S/C18H27N3O2S/c1-14-13-24-16(19-14)12-20-10-6-18(7-11-20)5-4-15(23-18)17(22)21-8-2-3-9-21/h13,15H,2-12H2,1H3/t15-/m0/s1. The van der Waals surface area contributed by atoms with Crippen molar-refractivity contribution in [3.8, 4) is 0 Å². The average Bonchev–Trinajstić information content (AvgIpc) is 3.31. The van der Waals surface area contributed by atoms with Crippen molar-refractivity contribution in [2.75, 3.05) is 26.2 Å². The van der Waals surface area contributed by atoms with Crippen LogP contribution in [0.2, 0.25) is 0 Å². The highest BCUT2D eigenvalue weighted by Gasteiger charge is 2.45. The van der Waals surface area contributed by atoms with E-state index >= 15 is 0 Å². The molecule has 0 bridgehead atoms. The first kappa shape index (κ1) is 16.5. The first-order chi connectivity index (χ1) is 11.6. The molecule has 3 aliphatic heterocycles. The molecule has 1 aromatic heterocycles. The Balaban J connectivity index is 1.29. The lowest BCUT2D eigenvalue weighted by molar-refractivity contribution is -0.150.